The molecule has 124 valence electrons. The van der Waals surface area contributed by atoms with E-state index in [1.807, 2.05) is 13.0 Å². The number of rotatable bonds is 10. The van der Waals surface area contributed by atoms with E-state index in [1.54, 1.807) is 6.08 Å². The number of hydrogen-bond donors (Lipinski definition) is 2. The first-order valence-electron chi connectivity index (χ1n) is 8.30. The summed E-state index contributed by atoms with van der Waals surface area (Å²) in [5.74, 6) is -0.137. The lowest BCUT2D eigenvalue weighted by atomic mass is 9.90. The molecule has 1 rings (SSSR count). The van der Waals surface area contributed by atoms with Crippen LogP contribution in [0.4, 0.5) is 0 Å². The zero-order valence-corrected chi connectivity index (χ0v) is 13.4. The average Bonchev–Trinajstić information content (AvgIpc) is 2.84. The Morgan fingerprint density at radius 3 is 2.64 bits per heavy atom. The molecule has 0 radical (unpaired) electrons. The van der Waals surface area contributed by atoms with E-state index in [2.05, 4.69) is 12.2 Å². The first-order chi connectivity index (χ1) is 10.5. The lowest BCUT2D eigenvalue weighted by molar-refractivity contribution is -0.137. The van der Waals surface area contributed by atoms with Gasteiger partial charge in [-0.1, -0.05) is 25.2 Å². The predicted octanol–water partition coefficient (Wildman–Crippen LogP) is 3.50. The van der Waals surface area contributed by atoms with Gasteiger partial charge in [-0.2, -0.15) is 0 Å². The summed E-state index contributed by atoms with van der Waals surface area (Å²) in [5.41, 5.74) is 0. The summed E-state index contributed by atoms with van der Waals surface area (Å²) in [7, 11) is 0. The van der Waals surface area contributed by atoms with Crippen molar-refractivity contribution in [2.24, 2.45) is 11.8 Å². The number of hydrogen-bond acceptors (Lipinski definition) is 3. The Kier molecular flexibility index (Phi) is 8.75. The van der Waals surface area contributed by atoms with Crippen LogP contribution >= 0.6 is 0 Å². The minimum atomic E-state index is -0.741. The van der Waals surface area contributed by atoms with Crippen molar-refractivity contribution in [2.45, 2.75) is 64.4 Å². The van der Waals surface area contributed by atoms with Gasteiger partial charge >= 0.3 is 5.97 Å². The molecule has 3 atom stereocenters. The van der Waals surface area contributed by atoms with Gasteiger partial charge in [0.25, 0.3) is 0 Å². The molecule has 1 saturated carbocycles. The molecule has 3 unspecified atom stereocenters. The van der Waals surface area contributed by atoms with Crippen LogP contribution in [0, 0.1) is 11.8 Å². The Morgan fingerprint density at radius 2 is 1.95 bits per heavy atom. The van der Waals surface area contributed by atoms with Crippen molar-refractivity contribution in [3.05, 3.63) is 24.3 Å². The zero-order chi connectivity index (χ0) is 16.4. The van der Waals surface area contributed by atoms with Gasteiger partial charge in [0.15, 0.2) is 5.78 Å². The zero-order valence-electron chi connectivity index (χ0n) is 13.4. The number of unbranched alkanes of at least 4 members (excludes halogenated alkanes) is 2. The molecule has 0 spiro atoms. The van der Waals surface area contributed by atoms with Crippen molar-refractivity contribution in [1.82, 2.24) is 0 Å². The fraction of sp³-hybridized carbons (Fsp3) is 0.667. The van der Waals surface area contributed by atoms with Crippen molar-refractivity contribution in [3.63, 3.8) is 0 Å². The maximum atomic E-state index is 11.4. The smallest absolute Gasteiger partial charge is 0.303 e. The molecule has 4 nitrogen and oxygen atoms in total. The van der Waals surface area contributed by atoms with E-state index in [4.69, 9.17) is 5.11 Å². The molecular weight excluding hydrogens is 280 g/mol. The Hall–Kier alpha value is -1.42. The fourth-order valence-corrected chi connectivity index (χ4v) is 2.91. The molecule has 4 heteroatoms. The van der Waals surface area contributed by atoms with Crippen molar-refractivity contribution in [1.29, 1.82) is 0 Å². The Labute approximate surface area is 132 Å². The molecule has 0 saturated heterocycles. The number of carboxylic acids is 1. The molecule has 0 amide bonds. The number of carbonyl (C=O) groups excluding carboxylic acids is 1. The minimum absolute atomic E-state index is 0.133. The fourth-order valence-electron chi connectivity index (χ4n) is 2.91. The van der Waals surface area contributed by atoms with Gasteiger partial charge < -0.3 is 10.2 Å². The molecule has 1 fully saturated rings. The summed E-state index contributed by atoms with van der Waals surface area (Å²) in [6, 6.07) is 0. The molecule has 0 bridgehead atoms. The third kappa shape index (κ3) is 7.03. The van der Waals surface area contributed by atoms with Crippen LogP contribution in [0.15, 0.2) is 24.3 Å². The average molecular weight is 308 g/mol. The second-order valence-electron chi connectivity index (χ2n) is 6.00. The van der Waals surface area contributed by atoms with Gasteiger partial charge in [0, 0.05) is 12.8 Å². The normalized spacial score (nSPS) is 25.3. The highest BCUT2D eigenvalue weighted by Gasteiger charge is 2.32. The SMILES string of the molecule is CCC(=O)C=CC1CCC(O)C1CC=CCCCCC(=O)O. The predicted molar refractivity (Wildman–Crippen MR) is 86.5 cm³/mol. The first kappa shape index (κ1) is 18.6. The topological polar surface area (TPSA) is 74.6 Å². The summed E-state index contributed by atoms with van der Waals surface area (Å²) < 4.78 is 0. The lowest BCUT2D eigenvalue weighted by Gasteiger charge is -2.17. The van der Waals surface area contributed by atoms with Gasteiger partial charge in [0.2, 0.25) is 0 Å². The molecule has 0 aliphatic heterocycles. The van der Waals surface area contributed by atoms with E-state index in [-0.39, 0.29) is 30.1 Å². The number of aliphatic hydroxyl groups excluding tert-OH is 1. The molecular formula is C18H28O4. The highest BCUT2D eigenvalue weighted by atomic mass is 16.4. The van der Waals surface area contributed by atoms with Gasteiger partial charge in [0.1, 0.15) is 0 Å². The molecule has 0 aromatic rings. The van der Waals surface area contributed by atoms with Crippen molar-refractivity contribution in [3.8, 4) is 0 Å². The van der Waals surface area contributed by atoms with Crippen LogP contribution in [0.1, 0.15) is 58.3 Å². The largest absolute Gasteiger partial charge is 0.481 e. The van der Waals surface area contributed by atoms with Crippen molar-refractivity contribution in [2.75, 3.05) is 0 Å². The van der Waals surface area contributed by atoms with Crippen LogP contribution in [0.3, 0.4) is 0 Å². The number of carbonyl (C=O) groups is 2. The Morgan fingerprint density at radius 1 is 1.18 bits per heavy atom. The highest BCUT2D eigenvalue weighted by Crippen LogP contribution is 2.35. The van der Waals surface area contributed by atoms with Crippen LogP contribution in [0.2, 0.25) is 0 Å². The highest BCUT2D eigenvalue weighted by molar-refractivity contribution is 5.89. The number of carboxylic acid groups (broad SMARTS) is 1. The molecule has 0 aromatic heterocycles. The molecule has 0 aromatic carbocycles. The third-order valence-electron chi connectivity index (χ3n) is 4.30. The van der Waals surface area contributed by atoms with E-state index >= 15 is 0 Å². The van der Waals surface area contributed by atoms with Gasteiger partial charge in [-0.3, -0.25) is 9.59 Å². The summed E-state index contributed by atoms with van der Waals surface area (Å²) in [6.07, 6.45) is 13.3. The van der Waals surface area contributed by atoms with E-state index in [0.717, 1.165) is 32.1 Å². The number of allylic oxidation sites excluding steroid dienone is 4. The maximum absolute atomic E-state index is 11.4. The lowest BCUT2D eigenvalue weighted by Crippen LogP contribution is -2.17. The Bertz CT molecular complexity index is 411. The quantitative estimate of drug-likeness (QED) is 0.368. The summed E-state index contributed by atoms with van der Waals surface area (Å²) in [6.45, 7) is 1.85. The third-order valence-corrected chi connectivity index (χ3v) is 4.30. The minimum Gasteiger partial charge on any atom is -0.481 e. The Balaban J connectivity index is 2.33. The van der Waals surface area contributed by atoms with Crippen LogP contribution in [0.5, 0.6) is 0 Å². The van der Waals surface area contributed by atoms with E-state index < -0.39 is 5.97 Å². The molecule has 2 N–H and O–H groups in total. The molecule has 22 heavy (non-hydrogen) atoms. The maximum Gasteiger partial charge on any atom is 0.303 e. The van der Waals surface area contributed by atoms with E-state index in [1.165, 1.54) is 0 Å². The number of aliphatic hydroxyl groups is 1. The standard InChI is InChI=1S/C18H28O4/c1-2-15(19)12-10-14-11-13-17(20)16(14)8-6-4-3-5-7-9-18(21)22/h4,6,10,12,14,16-17,20H,2-3,5,7-9,11,13H2,1H3,(H,21,22). The second kappa shape index (κ2) is 10.3. The van der Waals surface area contributed by atoms with Crippen LogP contribution in [-0.2, 0) is 9.59 Å². The van der Waals surface area contributed by atoms with Crippen LogP contribution < -0.4 is 0 Å². The molecule has 0 heterocycles. The molecule has 1 aliphatic rings. The van der Waals surface area contributed by atoms with Crippen LogP contribution in [-0.4, -0.2) is 28.1 Å². The van der Waals surface area contributed by atoms with Gasteiger partial charge in [-0.05, 0) is 56.4 Å². The van der Waals surface area contributed by atoms with Crippen LogP contribution in [0.25, 0.3) is 0 Å². The van der Waals surface area contributed by atoms with Gasteiger partial charge in [-0.15, -0.1) is 0 Å². The van der Waals surface area contributed by atoms with Gasteiger partial charge in [-0.25, -0.2) is 0 Å². The number of aliphatic carboxylic acids is 1. The van der Waals surface area contributed by atoms with E-state index in [9.17, 15) is 14.7 Å². The number of ketones is 1. The van der Waals surface area contributed by atoms with E-state index in [0.29, 0.717) is 12.8 Å². The summed E-state index contributed by atoms with van der Waals surface area (Å²) in [4.78, 5) is 21.7. The van der Waals surface area contributed by atoms with Crippen molar-refractivity contribution >= 4 is 11.8 Å². The molecule has 1 aliphatic carbocycles. The monoisotopic (exact) mass is 308 g/mol. The van der Waals surface area contributed by atoms with Crippen molar-refractivity contribution < 1.29 is 19.8 Å². The first-order valence-corrected chi connectivity index (χ1v) is 8.30. The van der Waals surface area contributed by atoms with Gasteiger partial charge in [0.05, 0.1) is 6.10 Å². The second-order valence-corrected chi connectivity index (χ2v) is 6.00. The summed E-state index contributed by atoms with van der Waals surface area (Å²) >= 11 is 0. The summed E-state index contributed by atoms with van der Waals surface area (Å²) in [5, 5.41) is 18.6.